The Morgan fingerprint density at radius 3 is 2.71 bits per heavy atom. The summed E-state index contributed by atoms with van der Waals surface area (Å²) in [6.07, 6.45) is 1.49. The van der Waals surface area contributed by atoms with Crippen LogP contribution in [0.1, 0.15) is 5.56 Å². The minimum Gasteiger partial charge on any atom is -0.379 e. The van der Waals surface area contributed by atoms with Crippen LogP contribution in [0.5, 0.6) is 0 Å². The second kappa shape index (κ2) is 7.33. The van der Waals surface area contributed by atoms with Crippen LogP contribution < -0.4 is 10.6 Å². The average Bonchev–Trinajstić information content (AvgIpc) is 2.89. The van der Waals surface area contributed by atoms with Gasteiger partial charge in [-0.1, -0.05) is 18.2 Å². The maximum atomic E-state index is 12.1. The number of hydrogen-bond acceptors (Lipinski definition) is 5. The third-order valence-electron chi connectivity index (χ3n) is 4.01. The summed E-state index contributed by atoms with van der Waals surface area (Å²) in [4.78, 5) is 14.4. The number of anilines is 1. The largest absolute Gasteiger partial charge is 0.379 e. The summed E-state index contributed by atoms with van der Waals surface area (Å²) >= 11 is 0. The molecule has 1 aromatic rings. The molecule has 3 rings (SSSR count). The molecule has 2 N–H and O–H groups in total. The zero-order chi connectivity index (χ0) is 17.0. The van der Waals surface area contributed by atoms with Crippen LogP contribution in [0.15, 0.2) is 35.7 Å². The van der Waals surface area contributed by atoms with E-state index in [0.717, 1.165) is 49.5 Å². The van der Waals surface area contributed by atoms with E-state index in [0.29, 0.717) is 0 Å². The molecular formula is C16H21N3O4S. The van der Waals surface area contributed by atoms with E-state index in [2.05, 4.69) is 15.5 Å². The Morgan fingerprint density at radius 2 is 2.00 bits per heavy atom. The van der Waals surface area contributed by atoms with Crippen molar-refractivity contribution < 1.29 is 17.9 Å². The van der Waals surface area contributed by atoms with Gasteiger partial charge in [-0.3, -0.25) is 4.90 Å². The summed E-state index contributed by atoms with van der Waals surface area (Å²) in [5, 5.41) is 6.63. The first kappa shape index (κ1) is 16.9. The van der Waals surface area contributed by atoms with E-state index in [1.165, 1.54) is 6.08 Å². The predicted octanol–water partition coefficient (Wildman–Crippen LogP) is 0.951. The number of nitrogens with one attached hydrogen (secondary N) is 2. The van der Waals surface area contributed by atoms with Crippen molar-refractivity contribution in [2.45, 2.75) is 12.6 Å². The molecule has 1 aromatic carbocycles. The molecule has 0 saturated carbocycles. The Bertz CT molecular complexity index is 727. The number of rotatable bonds is 4. The standard InChI is InChI=1S/C16H21N3O4S/c20-16(17-14-5-10-24(21,22)12-14)18-15-4-2-1-3-13(15)11-19-6-8-23-9-7-19/h1-5,10,14H,6-9,11-12H2,(H2,17,18,20). The van der Waals surface area contributed by atoms with E-state index in [1.54, 1.807) is 0 Å². The molecule has 0 radical (unpaired) electrons. The van der Waals surface area contributed by atoms with E-state index in [1.807, 2.05) is 24.3 Å². The zero-order valence-corrected chi connectivity index (χ0v) is 14.1. The van der Waals surface area contributed by atoms with Gasteiger partial charge < -0.3 is 15.4 Å². The maximum absolute atomic E-state index is 12.1. The number of amides is 2. The van der Waals surface area contributed by atoms with Crippen LogP contribution in [-0.4, -0.2) is 57.4 Å². The van der Waals surface area contributed by atoms with Crippen molar-refractivity contribution in [2.75, 3.05) is 37.4 Å². The summed E-state index contributed by atoms with van der Waals surface area (Å²) in [5.74, 6) is -0.0875. The lowest BCUT2D eigenvalue weighted by atomic mass is 10.1. The summed E-state index contributed by atoms with van der Waals surface area (Å²) in [6.45, 7) is 3.91. The summed E-state index contributed by atoms with van der Waals surface area (Å²) in [5.41, 5.74) is 1.75. The second-order valence-corrected chi connectivity index (χ2v) is 7.84. The number of benzene rings is 1. The molecule has 2 heterocycles. The summed E-state index contributed by atoms with van der Waals surface area (Å²) < 4.78 is 28.1. The molecular weight excluding hydrogens is 330 g/mol. The number of hydrogen-bond donors (Lipinski definition) is 2. The van der Waals surface area contributed by atoms with Crippen molar-refractivity contribution >= 4 is 21.6 Å². The number of carbonyl (C=O) groups excluding carboxylic acids is 1. The van der Waals surface area contributed by atoms with Gasteiger partial charge in [0.15, 0.2) is 9.84 Å². The van der Waals surface area contributed by atoms with Gasteiger partial charge in [0.2, 0.25) is 0 Å². The smallest absolute Gasteiger partial charge is 0.319 e. The Morgan fingerprint density at radius 1 is 1.25 bits per heavy atom. The van der Waals surface area contributed by atoms with Gasteiger partial charge in [0.05, 0.1) is 25.0 Å². The molecule has 1 atom stereocenters. The first-order valence-electron chi connectivity index (χ1n) is 7.88. The molecule has 130 valence electrons. The first-order chi connectivity index (χ1) is 11.5. The maximum Gasteiger partial charge on any atom is 0.319 e. The topological polar surface area (TPSA) is 87.7 Å². The van der Waals surface area contributed by atoms with Crippen LogP contribution in [0.25, 0.3) is 0 Å². The summed E-state index contributed by atoms with van der Waals surface area (Å²) in [7, 11) is -3.18. The lowest BCUT2D eigenvalue weighted by molar-refractivity contribution is 0.0343. The molecule has 1 fully saturated rings. The molecule has 0 spiro atoms. The van der Waals surface area contributed by atoms with Crippen LogP contribution in [-0.2, 0) is 21.1 Å². The van der Waals surface area contributed by atoms with Gasteiger partial charge in [-0.25, -0.2) is 13.2 Å². The van der Waals surface area contributed by atoms with Crippen LogP contribution in [0.4, 0.5) is 10.5 Å². The van der Waals surface area contributed by atoms with Crippen molar-refractivity contribution in [3.05, 3.63) is 41.3 Å². The van der Waals surface area contributed by atoms with Gasteiger partial charge in [-0.05, 0) is 17.7 Å². The third kappa shape index (κ3) is 4.56. The fourth-order valence-corrected chi connectivity index (χ4v) is 4.01. The van der Waals surface area contributed by atoms with E-state index >= 15 is 0 Å². The highest BCUT2D eigenvalue weighted by molar-refractivity contribution is 7.94. The molecule has 2 aliphatic rings. The van der Waals surface area contributed by atoms with E-state index in [4.69, 9.17) is 4.74 Å². The van der Waals surface area contributed by atoms with Gasteiger partial charge in [-0.15, -0.1) is 0 Å². The zero-order valence-electron chi connectivity index (χ0n) is 13.3. The SMILES string of the molecule is O=C(Nc1ccccc1CN1CCOCC1)NC1C=CS(=O)(=O)C1. The number of para-hydroxylation sites is 1. The number of morpholine rings is 1. The van der Waals surface area contributed by atoms with Crippen LogP contribution in [0.2, 0.25) is 0 Å². The molecule has 24 heavy (non-hydrogen) atoms. The van der Waals surface area contributed by atoms with Gasteiger partial charge in [-0.2, -0.15) is 0 Å². The fraction of sp³-hybridized carbons (Fsp3) is 0.438. The van der Waals surface area contributed by atoms with Crippen molar-refractivity contribution in [2.24, 2.45) is 0 Å². The monoisotopic (exact) mass is 351 g/mol. The third-order valence-corrected chi connectivity index (χ3v) is 5.41. The molecule has 7 nitrogen and oxygen atoms in total. The lowest BCUT2D eigenvalue weighted by Gasteiger charge is -2.27. The highest BCUT2D eigenvalue weighted by Crippen LogP contribution is 2.18. The number of sulfone groups is 1. The van der Waals surface area contributed by atoms with Crippen molar-refractivity contribution in [3.8, 4) is 0 Å². The number of ether oxygens (including phenoxy) is 1. The van der Waals surface area contributed by atoms with E-state index < -0.39 is 21.9 Å². The Labute approximate surface area is 141 Å². The van der Waals surface area contributed by atoms with Gasteiger partial charge in [0, 0.05) is 30.7 Å². The van der Waals surface area contributed by atoms with Crippen LogP contribution in [0, 0.1) is 0 Å². The van der Waals surface area contributed by atoms with Crippen LogP contribution >= 0.6 is 0 Å². The fourth-order valence-electron chi connectivity index (χ4n) is 2.77. The Hall–Kier alpha value is -1.90. The number of nitrogens with zero attached hydrogens (tertiary/aromatic N) is 1. The molecule has 1 unspecified atom stereocenters. The normalized spacial score (nSPS) is 23.1. The van der Waals surface area contributed by atoms with Crippen molar-refractivity contribution in [1.29, 1.82) is 0 Å². The van der Waals surface area contributed by atoms with Gasteiger partial charge in [0.1, 0.15) is 0 Å². The summed E-state index contributed by atoms with van der Waals surface area (Å²) in [6, 6.07) is 6.73. The first-order valence-corrected chi connectivity index (χ1v) is 9.60. The lowest BCUT2D eigenvalue weighted by Crippen LogP contribution is -2.39. The second-order valence-electron chi connectivity index (χ2n) is 5.91. The highest BCUT2D eigenvalue weighted by atomic mass is 32.2. The predicted molar refractivity (Wildman–Crippen MR) is 91.4 cm³/mol. The van der Waals surface area contributed by atoms with Crippen LogP contribution in [0.3, 0.4) is 0 Å². The highest BCUT2D eigenvalue weighted by Gasteiger charge is 2.23. The number of urea groups is 1. The average molecular weight is 351 g/mol. The van der Waals surface area contributed by atoms with E-state index in [9.17, 15) is 13.2 Å². The Balaban J connectivity index is 1.60. The minimum absolute atomic E-state index is 0.0875. The van der Waals surface area contributed by atoms with Crippen molar-refractivity contribution in [3.63, 3.8) is 0 Å². The molecule has 2 amide bonds. The Kier molecular flexibility index (Phi) is 5.17. The van der Waals surface area contributed by atoms with Crippen molar-refractivity contribution in [1.82, 2.24) is 10.2 Å². The molecule has 0 aliphatic carbocycles. The van der Waals surface area contributed by atoms with Gasteiger partial charge in [0.25, 0.3) is 0 Å². The molecule has 0 aromatic heterocycles. The minimum atomic E-state index is -3.18. The number of carbonyl (C=O) groups is 1. The van der Waals surface area contributed by atoms with E-state index in [-0.39, 0.29) is 5.75 Å². The molecule has 8 heteroatoms. The molecule has 2 aliphatic heterocycles. The molecule has 0 bridgehead atoms. The van der Waals surface area contributed by atoms with Gasteiger partial charge >= 0.3 is 6.03 Å². The quantitative estimate of drug-likeness (QED) is 0.843. The molecule has 1 saturated heterocycles.